The van der Waals surface area contributed by atoms with Gasteiger partial charge in [-0.2, -0.15) is 4.31 Å². The highest BCUT2D eigenvalue weighted by atomic mass is 35.5. The first-order valence-corrected chi connectivity index (χ1v) is 8.70. The zero-order valence-corrected chi connectivity index (χ0v) is 13.5. The van der Waals surface area contributed by atoms with Gasteiger partial charge in [-0.1, -0.05) is 11.6 Å². The molecule has 1 N–H and O–H groups in total. The molecule has 1 aliphatic rings. The minimum Gasteiger partial charge on any atom is -0.392 e. The molecule has 0 unspecified atom stereocenters. The summed E-state index contributed by atoms with van der Waals surface area (Å²) in [5, 5.41) is 9.52. The third kappa shape index (κ3) is 4.40. The summed E-state index contributed by atoms with van der Waals surface area (Å²) in [5.41, 5.74) is 0.399. The summed E-state index contributed by atoms with van der Waals surface area (Å²) in [6.07, 6.45) is 2.42. The summed E-state index contributed by atoms with van der Waals surface area (Å²) in [6, 6.07) is 4.33. The summed E-state index contributed by atoms with van der Waals surface area (Å²) < 4.78 is 31.5. The zero-order chi connectivity index (χ0) is 15.5. The number of nitrogens with zero attached hydrogens (tertiary/aromatic N) is 1. The predicted molar refractivity (Wildman–Crippen MR) is 80.7 cm³/mol. The van der Waals surface area contributed by atoms with Crippen LogP contribution in [-0.2, 0) is 21.4 Å². The van der Waals surface area contributed by atoms with Crippen LogP contribution in [-0.4, -0.2) is 44.6 Å². The lowest BCUT2D eigenvalue weighted by molar-refractivity contribution is 0.117. The van der Waals surface area contributed by atoms with Gasteiger partial charge in [0, 0.05) is 25.2 Å². The first-order chi connectivity index (χ1) is 9.95. The molecular weight excluding hydrogens is 314 g/mol. The van der Waals surface area contributed by atoms with Crippen LogP contribution in [0.15, 0.2) is 23.1 Å². The average Bonchev–Trinajstić information content (AvgIpc) is 3.27. The minimum atomic E-state index is -3.59. The maximum atomic E-state index is 12.4. The Labute approximate surface area is 130 Å². The lowest BCUT2D eigenvalue weighted by Gasteiger charge is -2.18. The van der Waals surface area contributed by atoms with E-state index in [0.717, 1.165) is 0 Å². The number of likely N-dealkylation sites (N-methyl/N-ethyl adjacent to an activating group) is 1. The van der Waals surface area contributed by atoms with E-state index in [1.165, 1.54) is 42.4 Å². The van der Waals surface area contributed by atoms with Gasteiger partial charge in [-0.15, -0.1) is 0 Å². The number of hydrogen-bond acceptors (Lipinski definition) is 4. The Kier molecular flexibility index (Phi) is 5.62. The van der Waals surface area contributed by atoms with Crippen molar-refractivity contribution in [3.8, 4) is 0 Å². The summed E-state index contributed by atoms with van der Waals surface area (Å²) in [4.78, 5) is 0.126. The van der Waals surface area contributed by atoms with Gasteiger partial charge in [0.2, 0.25) is 10.0 Å². The fourth-order valence-electron chi connectivity index (χ4n) is 1.86. The third-order valence-electron chi connectivity index (χ3n) is 3.50. The fraction of sp³-hybridized carbons (Fsp3) is 0.571. The molecular formula is C14H20ClNO4S. The molecule has 5 nitrogen and oxygen atoms in total. The minimum absolute atomic E-state index is 0.126. The van der Waals surface area contributed by atoms with Gasteiger partial charge >= 0.3 is 0 Å². The second-order valence-corrected chi connectivity index (χ2v) is 7.71. The van der Waals surface area contributed by atoms with E-state index in [1.807, 2.05) is 0 Å². The van der Waals surface area contributed by atoms with E-state index in [1.54, 1.807) is 0 Å². The Morgan fingerprint density at radius 2 is 2.14 bits per heavy atom. The van der Waals surface area contributed by atoms with Crippen molar-refractivity contribution in [3.63, 3.8) is 0 Å². The van der Waals surface area contributed by atoms with Crippen molar-refractivity contribution < 1.29 is 18.3 Å². The highest BCUT2D eigenvalue weighted by Gasteiger charge is 2.23. The van der Waals surface area contributed by atoms with Crippen molar-refractivity contribution in [1.29, 1.82) is 0 Å². The molecule has 1 aromatic carbocycles. The van der Waals surface area contributed by atoms with Crippen molar-refractivity contribution in [3.05, 3.63) is 28.8 Å². The number of hydrogen-bond donors (Lipinski definition) is 1. The molecule has 118 valence electrons. The molecule has 1 fully saturated rings. The Bertz CT molecular complexity index is 587. The number of ether oxygens (including phenoxy) is 1. The summed E-state index contributed by atoms with van der Waals surface area (Å²) >= 11 is 5.88. The topological polar surface area (TPSA) is 66.8 Å². The molecule has 2 rings (SSSR count). The van der Waals surface area contributed by atoms with Gasteiger partial charge in [0.1, 0.15) is 0 Å². The van der Waals surface area contributed by atoms with Gasteiger partial charge in [-0.05, 0) is 42.5 Å². The molecule has 0 spiro atoms. The molecule has 0 heterocycles. The van der Waals surface area contributed by atoms with Gasteiger partial charge in [0.05, 0.1) is 18.1 Å². The van der Waals surface area contributed by atoms with E-state index in [0.29, 0.717) is 36.3 Å². The van der Waals surface area contributed by atoms with Crippen LogP contribution in [0, 0.1) is 5.92 Å². The first kappa shape index (κ1) is 16.7. The maximum Gasteiger partial charge on any atom is 0.242 e. The van der Waals surface area contributed by atoms with E-state index in [4.69, 9.17) is 21.4 Å². The summed E-state index contributed by atoms with van der Waals surface area (Å²) in [7, 11) is -2.07. The van der Waals surface area contributed by atoms with Crippen LogP contribution in [0.4, 0.5) is 0 Å². The first-order valence-electron chi connectivity index (χ1n) is 6.88. The molecule has 0 aliphatic heterocycles. The van der Waals surface area contributed by atoms with Crippen molar-refractivity contribution >= 4 is 21.6 Å². The number of aliphatic hydroxyl groups is 1. The number of sulfonamides is 1. The standard InChI is InChI=1S/C14H20ClNO4S/c1-16(6-7-20-10-11-2-3-11)21(18,19)13-4-5-14(15)12(8-13)9-17/h4-5,8,11,17H,2-3,6-7,9-10H2,1H3. The Morgan fingerprint density at radius 3 is 2.76 bits per heavy atom. The number of benzene rings is 1. The second kappa shape index (κ2) is 7.07. The fourth-order valence-corrected chi connectivity index (χ4v) is 3.24. The monoisotopic (exact) mass is 333 g/mol. The molecule has 0 atom stereocenters. The third-order valence-corrected chi connectivity index (χ3v) is 5.72. The molecule has 0 amide bonds. The van der Waals surface area contributed by atoms with Gasteiger partial charge in [0.25, 0.3) is 0 Å². The summed E-state index contributed by atoms with van der Waals surface area (Å²) in [5.74, 6) is 0.662. The highest BCUT2D eigenvalue weighted by Crippen LogP contribution is 2.28. The van der Waals surface area contributed by atoms with Crippen molar-refractivity contribution in [2.24, 2.45) is 5.92 Å². The van der Waals surface area contributed by atoms with Crippen LogP contribution in [0.3, 0.4) is 0 Å². The van der Waals surface area contributed by atoms with Crippen molar-refractivity contribution in [2.75, 3.05) is 26.8 Å². The lowest BCUT2D eigenvalue weighted by atomic mass is 10.2. The SMILES string of the molecule is CN(CCOCC1CC1)S(=O)(=O)c1ccc(Cl)c(CO)c1. The lowest BCUT2D eigenvalue weighted by Crippen LogP contribution is -2.30. The van der Waals surface area contributed by atoms with E-state index < -0.39 is 10.0 Å². The van der Waals surface area contributed by atoms with E-state index >= 15 is 0 Å². The molecule has 7 heteroatoms. The van der Waals surface area contributed by atoms with Crippen LogP contribution in [0.5, 0.6) is 0 Å². The Morgan fingerprint density at radius 1 is 1.43 bits per heavy atom. The maximum absolute atomic E-state index is 12.4. The molecule has 0 saturated heterocycles. The normalized spacial score (nSPS) is 15.6. The predicted octanol–water partition coefficient (Wildman–Crippen LogP) is 1.88. The molecule has 0 bridgehead atoms. The van der Waals surface area contributed by atoms with Crippen LogP contribution in [0.25, 0.3) is 0 Å². The second-order valence-electron chi connectivity index (χ2n) is 5.26. The van der Waals surface area contributed by atoms with Crippen molar-refractivity contribution in [2.45, 2.75) is 24.3 Å². The van der Waals surface area contributed by atoms with E-state index in [9.17, 15) is 8.42 Å². The zero-order valence-electron chi connectivity index (χ0n) is 12.0. The van der Waals surface area contributed by atoms with E-state index in [2.05, 4.69) is 0 Å². The molecule has 21 heavy (non-hydrogen) atoms. The average molecular weight is 334 g/mol. The smallest absolute Gasteiger partial charge is 0.242 e. The number of halogens is 1. The molecule has 0 aromatic heterocycles. The molecule has 0 radical (unpaired) electrons. The van der Waals surface area contributed by atoms with Crippen LogP contribution in [0.2, 0.25) is 5.02 Å². The van der Waals surface area contributed by atoms with Gasteiger partial charge in [0.15, 0.2) is 0 Å². The number of aliphatic hydroxyl groups excluding tert-OH is 1. The molecule has 1 saturated carbocycles. The van der Waals surface area contributed by atoms with Gasteiger partial charge in [-0.25, -0.2) is 8.42 Å². The highest BCUT2D eigenvalue weighted by molar-refractivity contribution is 7.89. The Balaban J connectivity index is 1.98. The Hall–Kier alpha value is -0.660. The largest absolute Gasteiger partial charge is 0.392 e. The van der Waals surface area contributed by atoms with E-state index in [-0.39, 0.29) is 11.5 Å². The van der Waals surface area contributed by atoms with Gasteiger partial charge < -0.3 is 9.84 Å². The van der Waals surface area contributed by atoms with Crippen LogP contribution < -0.4 is 0 Å². The summed E-state index contributed by atoms with van der Waals surface area (Å²) in [6.45, 7) is 1.10. The van der Waals surface area contributed by atoms with Gasteiger partial charge in [-0.3, -0.25) is 0 Å². The van der Waals surface area contributed by atoms with Crippen LogP contribution in [0.1, 0.15) is 18.4 Å². The quantitative estimate of drug-likeness (QED) is 0.738. The molecule has 1 aliphatic carbocycles. The van der Waals surface area contributed by atoms with Crippen molar-refractivity contribution in [1.82, 2.24) is 4.31 Å². The number of rotatable bonds is 8. The van der Waals surface area contributed by atoms with Crippen LogP contribution >= 0.6 is 11.6 Å². The molecule has 1 aromatic rings.